The van der Waals surface area contributed by atoms with Crippen LogP contribution in [0.2, 0.25) is 0 Å². The lowest BCUT2D eigenvalue weighted by Crippen LogP contribution is -2.14. The van der Waals surface area contributed by atoms with E-state index in [1.807, 2.05) is 37.3 Å². The average molecular weight is 205 g/mol. The molecule has 0 saturated heterocycles. The third-order valence-corrected chi connectivity index (χ3v) is 1.87. The molecule has 0 amide bonds. The van der Waals surface area contributed by atoms with Gasteiger partial charge in [0.15, 0.2) is 0 Å². The lowest BCUT2D eigenvalue weighted by molar-refractivity contribution is -0.140. The van der Waals surface area contributed by atoms with Gasteiger partial charge in [-0.25, -0.2) is 4.79 Å². The van der Waals surface area contributed by atoms with Crippen LogP contribution < -0.4 is 5.73 Å². The van der Waals surface area contributed by atoms with Crippen LogP contribution in [-0.2, 0) is 16.1 Å². The van der Waals surface area contributed by atoms with Crippen LogP contribution in [0.4, 0.5) is 0 Å². The van der Waals surface area contributed by atoms with Crippen molar-refractivity contribution in [2.24, 2.45) is 5.73 Å². The van der Waals surface area contributed by atoms with Crippen LogP contribution in [0.1, 0.15) is 18.9 Å². The number of ether oxygens (including phenoxy) is 1. The Balaban J connectivity index is 2.45. The molecule has 0 aliphatic heterocycles. The summed E-state index contributed by atoms with van der Waals surface area (Å²) in [5.41, 5.74) is 6.61. The Morgan fingerprint density at radius 1 is 1.40 bits per heavy atom. The maximum Gasteiger partial charge on any atom is 0.354 e. The lowest BCUT2D eigenvalue weighted by atomic mass is 10.2. The van der Waals surface area contributed by atoms with E-state index in [4.69, 9.17) is 10.5 Å². The summed E-state index contributed by atoms with van der Waals surface area (Å²) in [6.45, 7) is 2.18. The number of hydrogen-bond acceptors (Lipinski definition) is 3. The van der Waals surface area contributed by atoms with E-state index in [9.17, 15) is 4.79 Å². The molecule has 0 aliphatic rings. The average Bonchev–Trinajstić information content (AvgIpc) is 2.27. The van der Waals surface area contributed by atoms with Crippen molar-refractivity contribution in [3.63, 3.8) is 0 Å². The molecule has 0 atom stereocenters. The van der Waals surface area contributed by atoms with E-state index in [1.54, 1.807) is 6.08 Å². The molecule has 1 rings (SSSR count). The predicted molar refractivity (Wildman–Crippen MR) is 58.8 cm³/mol. The molecule has 15 heavy (non-hydrogen) atoms. The van der Waals surface area contributed by atoms with Crippen LogP contribution in [0, 0.1) is 0 Å². The van der Waals surface area contributed by atoms with Crippen molar-refractivity contribution in [2.75, 3.05) is 0 Å². The largest absolute Gasteiger partial charge is 0.456 e. The van der Waals surface area contributed by atoms with Crippen LogP contribution in [0.25, 0.3) is 0 Å². The highest BCUT2D eigenvalue weighted by Gasteiger charge is 2.05. The topological polar surface area (TPSA) is 52.3 Å². The molecule has 0 aromatic heterocycles. The highest BCUT2D eigenvalue weighted by Crippen LogP contribution is 2.02. The van der Waals surface area contributed by atoms with Gasteiger partial charge in [-0.1, -0.05) is 43.3 Å². The second kappa shape index (κ2) is 5.86. The summed E-state index contributed by atoms with van der Waals surface area (Å²) in [4.78, 5) is 11.3. The summed E-state index contributed by atoms with van der Waals surface area (Å²) < 4.78 is 5.01. The van der Waals surface area contributed by atoms with Crippen LogP contribution in [0.5, 0.6) is 0 Å². The minimum atomic E-state index is -0.458. The van der Waals surface area contributed by atoms with Gasteiger partial charge < -0.3 is 10.5 Å². The summed E-state index contributed by atoms with van der Waals surface area (Å²) in [5.74, 6) is -0.458. The number of benzene rings is 1. The van der Waals surface area contributed by atoms with Gasteiger partial charge >= 0.3 is 5.97 Å². The highest BCUT2D eigenvalue weighted by atomic mass is 16.5. The van der Waals surface area contributed by atoms with Crippen molar-refractivity contribution in [1.82, 2.24) is 0 Å². The smallest absolute Gasteiger partial charge is 0.354 e. The van der Waals surface area contributed by atoms with Crippen LogP contribution in [0.15, 0.2) is 42.1 Å². The van der Waals surface area contributed by atoms with Gasteiger partial charge in [-0.15, -0.1) is 0 Å². The third-order valence-electron chi connectivity index (χ3n) is 1.87. The summed E-state index contributed by atoms with van der Waals surface area (Å²) in [5, 5.41) is 0. The van der Waals surface area contributed by atoms with Gasteiger partial charge in [-0.3, -0.25) is 0 Å². The Bertz CT molecular complexity index is 344. The summed E-state index contributed by atoms with van der Waals surface area (Å²) in [7, 11) is 0. The van der Waals surface area contributed by atoms with Crippen molar-refractivity contribution in [3.05, 3.63) is 47.7 Å². The SMILES string of the molecule is CCC=C(N)C(=O)OCc1ccccc1. The van der Waals surface area contributed by atoms with Gasteiger partial charge in [0.1, 0.15) is 12.3 Å². The number of hydrogen-bond donors (Lipinski definition) is 1. The first-order chi connectivity index (χ1) is 7.24. The minimum Gasteiger partial charge on any atom is -0.456 e. The van der Waals surface area contributed by atoms with E-state index in [-0.39, 0.29) is 12.3 Å². The molecular formula is C12H15NO2. The third kappa shape index (κ3) is 3.85. The molecule has 0 aliphatic carbocycles. The van der Waals surface area contributed by atoms with Crippen molar-refractivity contribution in [3.8, 4) is 0 Å². The number of carbonyl (C=O) groups is 1. The fourth-order valence-electron chi connectivity index (χ4n) is 1.11. The van der Waals surface area contributed by atoms with Crippen molar-refractivity contribution < 1.29 is 9.53 Å². The number of esters is 1. The highest BCUT2D eigenvalue weighted by molar-refractivity contribution is 5.87. The van der Waals surface area contributed by atoms with Gasteiger partial charge in [-0.05, 0) is 12.0 Å². The molecule has 3 heteroatoms. The van der Waals surface area contributed by atoms with E-state index >= 15 is 0 Å². The molecule has 0 fully saturated rings. The van der Waals surface area contributed by atoms with Gasteiger partial charge in [0.2, 0.25) is 0 Å². The molecule has 0 bridgehead atoms. The second-order valence-electron chi connectivity index (χ2n) is 3.13. The number of allylic oxidation sites excluding steroid dienone is 1. The van der Waals surface area contributed by atoms with Gasteiger partial charge in [0.25, 0.3) is 0 Å². The fourth-order valence-corrected chi connectivity index (χ4v) is 1.11. The Morgan fingerprint density at radius 2 is 2.07 bits per heavy atom. The van der Waals surface area contributed by atoms with E-state index in [2.05, 4.69) is 0 Å². The first-order valence-electron chi connectivity index (χ1n) is 4.90. The van der Waals surface area contributed by atoms with E-state index < -0.39 is 5.97 Å². The monoisotopic (exact) mass is 205 g/mol. The molecule has 0 unspecified atom stereocenters. The molecule has 1 aromatic rings. The fraction of sp³-hybridized carbons (Fsp3) is 0.250. The number of rotatable bonds is 4. The standard InChI is InChI=1S/C12H15NO2/c1-2-6-11(13)12(14)15-9-10-7-4-3-5-8-10/h3-8H,2,9,13H2,1H3. The number of nitrogens with two attached hydrogens (primary N) is 1. The molecule has 0 spiro atoms. The van der Waals surface area contributed by atoms with Gasteiger partial charge in [-0.2, -0.15) is 0 Å². The molecule has 1 aromatic carbocycles. The molecule has 3 nitrogen and oxygen atoms in total. The Kier molecular flexibility index (Phi) is 4.41. The molecular weight excluding hydrogens is 190 g/mol. The van der Waals surface area contributed by atoms with Gasteiger partial charge in [0, 0.05) is 0 Å². The Morgan fingerprint density at radius 3 is 2.67 bits per heavy atom. The minimum absolute atomic E-state index is 0.174. The second-order valence-corrected chi connectivity index (χ2v) is 3.13. The first-order valence-corrected chi connectivity index (χ1v) is 4.90. The summed E-state index contributed by atoms with van der Waals surface area (Å²) in [6, 6.07) is 9.50. The zero-order valence-electron chi connectivity index (χ0n) is 8.77. The molecule has 0 radical (unpaired) electrons. The predicted octanol–water partition coefficient (Wildman–Crippen LogP) is 1.98. The van der Waals surface area contributed by atoms with E-state index in [0.717, 1.165) is 12.0 Å². The van der Waals surface area contributed by atoms with E-state index in [1.165, 1.54) is 0 Å². The molecule has 0 saturated carbocycles. The van der Waals surface area contributed by atoms with Crippen molar-refractivity contribution >= 4 is 5.97 Å². The zero-order valence-corrected chi connectivity index (χ0v) is 8.77. The molecule has 0 heterocycles. The van der Waals surface area contributed by atoms with Crippen LogP contribution in [-0.4, -0.2) is 5.97 Å². The normalized spacial score (nSPS) is 11.1. The van der Waals surface area contributed by atoms with Crippen LogP contribution >= 0.6 is 0 Å². The molecule has 80 valence electrons. The maximum absolute atomic E-state index is 11.3. The zero-order chi connectivity index (χ0) is 11.1. The lowest BCUT2D eigenvalue weighted by Gasteiger charge is -2.04. The van der Waals surface area contributed by atoms with Crippen LogP contribution in [0.3, 0.4) is 0 Å². The van der Waals surface area contributed by atoms with Crippen molar-refractivity contribution in [2.45, 2.75) is 20.0 Å². The molecule has 2 N–H and O–H groups in total. The maximum atomic E-state index is 11.3. The summed E-state index contributed by atoms with van der Waals surface area (Å²) >= 11 is 0. The first kappa shape index (κ1) is 11.3. The number of carbonyl (C=O) groups excluding carboxylic acids is 1. The van der Waals surface area contributed by atoms with Gasteiger partial charge in [0.05, 0.1) is 0 Å². The quantitative estimate of drug-likeness (QED) is 0.604. The summed E-state index contributed by atoms with van der Waals surface area (Å²) in [6.07, 6.45) is 2.37. The van der Waals surface area contributed by atoms with E-state index in [0.29, 0.717) is 0 Å². The van der Waals surface area contributed by atoms with Crippen molar-refractivity contribution in [1.29, 1.82) is 0 Å². The Labute approximate surface area is 89.5 Å². The Hall–Kier alpha value is -1.77.